The van der Waals surface area contributed by atoms with E-state index in [4.69, 9.17) is 10.5 Å². The second kappa shape index (κ2) is 7.58. The molecular formula is C15H31N3O. The van der Waals surface area contributed by atoms with Crippen LogP contribution >= 0.6 is 0 Å². The van der Waals surface area contributed by atoms with Gasteiger partial charge in [0.2, 0.25) is 0 Å². The van der Waals surface area contributed by atoms with E-state index in [0.717, 1.165) is 50.5 Å². The van der Waals surface area contributed by atoms with Gasteiger partial charge in [0.1, 0.15) is 0 Å². The fourth-order valence-electron chi connectivity index (χ4n) is 3.83. The predicted molar refractivity (Wildman–Crippen MR) is 79.3 cm³/mol. The average Bonchev–Trinajstić information content (AvgIpc) is 2.65. The zero-order valence-electron chi connectivity index (χ0n) is 12.6. The third-order valence-electron chi connectivity index (χ3n) is 5.02. The topological polar surface area (TPSA) is 50.5 Å². The molecule has 2 aliphatic heterocycles. The normalized spacial score (nSPS) is 32.7. The molecule has 2 heterocycles. The number of rotatable bonds is 8. The van der Waals surface area contributed by atoms with Crippen LogP contribution < -0.4 is 11.1 Å². The lowest BCUT2D eigenvalue weighted by Crippen LogP contribution is -2.44. The Morgan fingerprint density at radius 3 is 2.58 bits per heavy atom. The van der Waals surface area contributed by atoms with Crippen molar-refractivity contribution < 1.29 is 4.74 Å². The van der Waals surface area contributed by atoms with E-state index in [1.165, 1.54) is 25.7 Å². The highest BCUT2D eigenvalue weighted by Gasteiger charge is 2.38. The molecule has 0 aromatic carbocycles. The molecule has 4 nitrogen and oxygen atoms in total. The van der Waals surface area contributed by atoms with Crippen LogP contribution in [-0.4, -0.2) is 56.9 Å². The average molecular weight is 269 g/mol. The summed E-state index contributed by atoms with van der Waals surface area (Å²) in [6, 6.07) is 2.16. The van der Waals surface area contributed by atoms with Gasteiger partial charge in [0.25, 0.3) is 0 Å². The maximum absolute atomic E-state index is 5.60. The van der Waals surface area contributed by atoms with Gasteiger partial charge in [-0.15, -0.1) is 0 Å². The highest BCUT2D eigenvalue weighted by atomic mass is 16.5. The van der Waals surface area contributed by atoms with Crippen molar-refractivity contribution in [1.82, 2.24) is 10.2 Å². The lowest BCUT2D eigenvalue weighted by Gasteiger charge is -2.37. The van der Waals surface area contributed by atoms with E-state index in [-0.39, 0.29) is 0 Å². The number of nitrogens with zero attached hydrogens (tertiary/aromatic N) is 1. The lowest BCUT2D eigenvalue weighted by atomic mass is 9.91. The van der Waals surface area contributed by atoms with E-state index in [1.54, 1.807) is 7.11 Å². The quantitative estimate of drug-likeness (QED) is 0.695. The zero-order chi connectivity index (χ0) is 13.7. The van der Waals surface area contributed by atoms with Crippen LogP contribution in [0.25, 0.3) is 0 Å². The number of nitrogens with two attached hydrogens (primary N) is 1. The van der Waals surface area contributed by atoms with Crippen molar-refractivity contribution in [1.29, 1.82) is 0 Å². The molecule has 3 N–H and O–H groups in total. The summed E-state index contributed by atoms with van der Waals surface area (Å²) in [6.45, 7) is 2.74. The Kier molecular flexibility index (Phi) is 6.07. The van der Waals surface area contributed by atoms with Crippen molar-refractivity contribution in [2.24, 2.45) is 11.7 Å². The highest BCUT2D eigenvalue weighted by Crippen LogP contribution is 2.37. The van der Waals surface area contributed by atoms with Crippen LogP contribution in [0.2, 0.25) is 0 Å². The van der Waals surface area contributed by atoms with Gasteiger partial charge in [-0.25, -0.2) is 0 Å². The van der Waals surface area contributed by atoms with Crippen molar-refractivity contribution in [2.45, 2.75) is 56.7 Å². The molecule has 0 radical (unpaired) electrons. The second-order valence-electron chi connectivity index (χ2n) is 6.38. The fraction of sp³-hybridized carbons (Fsp3) is 1.00. The van der Waals surface area contributed by atoms with Gasteiger partial charge in [0.15, 0.2) is 0 Å². The van der Waals surface area contributed by atoms with Crippen molar-refractivity contribution in [2.75, 3.05) is 33.9 Å². The Labute approximate surface area is 118 Å². The summed E-state index contributed by atoms with van der Waals surface area (Å²) in [5, 5.41) is 3.71. The molecule has 0 spiro atoms. The van der Waals surface area contributed by atoms with Crippen molar-refractivity contribution in [3.05, 3.63) is 0 Å². The Balaban J connectivity index is 1.72. The molecule has 2 fully saturated rings. The van der Waals surface area contributed by atoms with E-state index in [2.05, 4.69) is 17.3 Å². The molecule has 2 saturated heterocycles. The summed E-state index contributed by atoms with van der Waals surface area (Å²) >= 11 is 0. The molecule has 0 aromatic rings. The zero-order valence-corrected chi connectivity index (χ0v) is 12.6. The third kappa shape index (κ3) is 4.15. The number of ether oxygens (including phenoxy) is 1. The van der Waals surface area contributed by atoms with Crippen LogP contribution in [-0.2, 0) is 4.74 Å². The van der Waals surface area contributed by atoms with E-state index < -0.39 is 0 Å². The lowest BCUT2D eigenvalue weighted by molar-refractivity contribution is 0.121. The molecule has 3 atom stereocenters. The summed E-state index contributed by atoms with van der Waals surface area (Å²) < 4.78 is 5.30. The van der Waals surface area contributed by atoms with Crippen LogP contribution in [0.3, 0.4) is 0 Å². The van der Waals surface area contributed by atoms with E-state index in [1.807, 2.05) is 0 Å². The molecule has 19 heavy (non-hydrogen) atoms. The van der Waals surface area contributed by atoms with Crippen LogP contribution in [0.1, 0.15) is 38.5 Å². The van der Waals surface area contributed by atoms with Gasteiger partial charge in [-0.2, -0.15) is 0 Å². The Bertz CT molecular complexity index is 248. The molecule has 2 bridgehead atoms. The second-order valence-corrected chi connectivity index (χ2v) is 6.38. The summed E-state index contributed by atoms with van der Waals surface area (Å²) in [5.74, 6) is 0.853. The molecule has 3 unspecified atom stereocenters. The van der Waals surface area contributed by atoms with E-state index in [9.17, 15) is 0 Å². The largest absolute Gasteiger partial charge is 0.383 e. The summed E-state index contributed by atoms with van der Waals surface area (Å²) in [6.07, 6.45) is 7.77. The predicted octanol–water partition coefficient (Wildman–Crippen LogP) is 1.20. The number of piperidine rings is 1. The first kappa shape index (κ1) is 15.2. The van der Waals surface area contributed by atoms with Gasteiger partial charge in [0, 0.05) is 25.2 Å². The minimum absolute atomic E-state index is 0.478. The molecule has 2 aliphatic rings. The van der Waals surface area contributed by atoms with Crippen LogP contribution in [0.5, 0.6) is 0 Å². The molecule has 112 valence electrons. The summed E-state index contributed by atoms with van der Waals surface area (Å²) in [4.78, 5) is 2.61. The molecule has 2 rings (SSSR count). The Morgan fingerprint density at radius 2 is 2.00 bits per heavy atom. The number of hydrogen-bond acceptors (Lipinski definition) is 4. The first-order valence-corrected chi connectivity index (χ1v) is 7.89. The van der Waals surface area contributed by atoms with Gasteiger partial charge in [0.05, 0.1) is 6.61 Å². The molecule has 0 saturated carbocycles. The monoisotopic (exact) mass is 269 g/mol. The minimum Gasteiger partial charge on any atom is -0.383 e. The van der Waals surface area contributed by atoms with Gasteiger partial charge in [-0.1, -0.05) is 0 Å². The molecular weight excluding hydrogens is 238 g/mol. The number of hydrogen-bond donors (Lipinski definition) is 2. The molecule has 0 amide bonds. The maximum Gasteiger partial charge on any atom is 0.0615 e. The standard InChI is InChI=1S/C15H31N3O/c1-18-14-5-6-15(18)9-12(8-14)10-17-13(11-19-2)4-3-7-16/h12-15,17H,3-11,16H2,1-2H3. The number of methoxy groups -OCH3 is 1. The van der Waals surface area contributed by atoms with E-state index in [0.29, 0.717) is 6.04 Å². The summed E-state index contributed by atoms with van der Waals surface area (Å²) in [7, 11) is 4.09. The molecule has 0 aromatic heterocycles. The first-order valence-electron chi connectivity index (χ1n) is 7.89. The first-order chi connectivity index (χ1) is 9.24. The maximum atomic E-state index is 5.60. The highest BCUT2D eigenvalue weighted by molar-refractivity contribution is 4.94. The molecule has 4 heteroatoms. The molecule has 0 aliphatic carbocycles. The smallest absolute Gasteiger partial charge is 0.0615 e. The Hall–Kier alpha value is -0.160. The fourth-order valence-corrected chi connectivity index (χ4v) is 3.83. The van der Waals surface area contributed by atoms with Gasteiger partial charge >= 0.3 is 0 Å². The van der Waals surface area contributed by atoms with Gasteiger partial charge in [-0.05, 0) is 64.6 Å². The van der Waals surface area contributed by atoms with Crippen molar-refractivity contribution in [3.8, 4) is 0 Å². The number of nitrogens with one attached hydrogen (secondary N) is 1. The Morgan fingerprint density at radius 1 is 1.32 bits per heavy atom. The van der Waals surface area contributed by atoms with Crippen LogP contribution in [0, 0.1) is 5.92 Å². The third-order valence-corrected chi connectivity index (χ3v) is 5.02. The van der Waals surface area contributed by atoms with E-state index >= 15 is 0 Å². The van der Waals surface area contributed by atoms with Crippen LogP contribution in [0.4, 0.5) is 0 Å². The minimum atomic E-state index is 0.478. The van der Waals surface area contributed by atoms with Gasteiger partial charge in [-0.3, -0.25) is 0 Å². The van der Waals surface area contributed by atoms with Gasteiger partial charge < -0.3 is 20.7 Å². The number of fused-ring (bicyclic) bond motifs is 2. The van der Waals surface area contributed by atoms with Crippen LogP contribution in [0.15, 0.2) is 0 Å². The SMILES string of the molecule is COCC(CCCN)NCC1CC2CCC(C1)N2C. The summed E-state index contributed by atoms with van der Waals surface area (Å²) in [5.41, 5.74) is 5.60. The van der Waals surface area contributed by atoms with Crippen molar-refractivity contribution >= 4 is 0 Å². The van der Waals surface area contributed by atoms with Crippen molar-refractivity contribution in [3.63, 3.8) is 0 Å².